The van der Waals surface area contributed by atoms with E-state index in [-0.39, 0.29) is 5.91 Å². The van der Waals surface area contributed by atoms with Crippen LogP contribution in [0.2, 0.25) is 0 Å². The van der Waals surface area contributed by atoms with Crippen LogP contribution in [0.4, 0.5) is 0 Å². The fourth-order valence-electron chi connectivity index (χ4n) is 3.01. The maximum absolute atomic E-state index is 12.0. The van der Waals surface area contributed by atoms with Gasteiger partial charge in [-0.25, -0.2) is 0 Å². The molecule has 1 unspecified atom stereocenters. The van der Waals surface area contributed by atoms with E-state index >= 15 is 0 Å². The Hall–Kier alpha value is -0.610. The van der Waals surface area contributed by atoms with Gasteiger partial charge in [0.2, 0.25) is 5.91 Å². The van der Waals surface area contributed by atoms with Crippen LogP contribution in [0.1, 0.15) is 52.9 Å². The number of rotatable bonds is 8. The van der Waals surface area contributed by atoms with Crippen LogP contribution in [-0.2, 0) is 4.79 Å². The van der Waals surface area contributed by atoms with Crippen molar-refractivity contribution in [3.8, 4) is 0 Å². The summed E-state index contributed by atoms with van der Waals surface area (Å²) in [5.74, 6) is 1.08. The molecule has 0 bridgehead atoms. The topological polar surface area (TPSA) is 58.4 Å². The highest BCUT2D eigenvalue weighted by Crippen LogP contribution is 2.14. The van der Waals surface area contributed by atoms with Gasteiger partial charge in [-0.2, -0.15) is 0 Å². The van der Waals surface area contributed by atoms with E-state index < -0.39 is 0 Å². The Morgan fingerprint density at radius 1 is 1.20 bits per heavy atom. The van der Waals surface area contributed by atoms with Crippen LogP contribution in [0.25, 0.3) is 0 Å². The highest BCUT2D eigenvalue weighted by Gasteiger charge is 2.18. The molecule has 0 radical (unpaired) electrons. The number of carbonyl (C=O) groups excluding carboxylic acids is 1. The maximum atomic E-state index is 12.0. The van der Waals surface area contributed by atoms with Crippen molar-refractivity contribution < 1.29 is 4.79 Å². The van der Waals surface area contributed by atoms with Crippen molar-refractivity contribution in [2.24, 2.45) is 17.6 Å². The molecule has 20 heavy (non-hydrogen) atoms. The third-order valence-corrected chi connectivity index (χ3v) is 4.22. The van der Waals surface area contributed by atoms with Crippen molar-refractivity contribution in [1.82, 2.24) is 10.2 Å². The number of carbonyl (C=O) groups is 1. The average Bonchev–Trinajstić information content (AvgIpc) is 2.44. The van der Waals surface area contributed by atoms with Gasteiger partial charge in [-0.3, -0.25) is 9.69 Å². The Kier molecular flexibility index (Phi) is 8.15. The number of hydrogen-bond donors (Lipinski definition) is 2. The second kappa shape index (κ2) is 9.35. The second-order valence-electron chi connectivity index (χ2n) is 6.69. The summed E-state index contributed by atoms with van der Waals surface area (Å²) >= 11 is 0. The third-order valence-electron chi connectivity index (χ3n) is 4.22. The maximum Gasteiger partial charge on any atom is 0.220 e. The summed E-state index contributed by atoms with van der Waals surface area (Å²) in [7, 11) is 0. The molecule has 0 aromatic carbocycles. The number of nitrogens with zero attached hydrogens (tertiary/aromatic N) is 1. The van der Waals surface area contributed by atoms with E-state index in [1.165, 1.54) is 32.4 Å². The van der Waals surface area contributed by atoms with Crippen molar-refractivity contribution in [3.05, 3.63) is 0 Å². The fraction of sp³-hybridized carbons (Fsp3) is 0.938. The van der Waals surface area contributed by atoms with Gasteiger partial charge in [-0.1, -0.05) is 20.3 Å². The summed E-state index contributed by atoms with van der Waals surface area (Å²) in [4.78, 5) is 14.5. The first-order valence-electron chi connectivity index (χ1n) is 8.23. The molecule has 4 heteroatoms. The average molecular weight is 283 g/mol. The summed E-state index contributed by atoms with van der Waals surface area (Å²) in [5, 5.41) is 3.08. The molecule has 118 valence electrons. The summed E-state index contributed by atoms with van der Waals surface area (Å²) in [6.07, 6.45) is 5.54. The zero-order chi connectivity index (χ0) is 15.0. The van der Waals surface area contributed by atoms with E-state index in [1.807, 2.05) is 0 Å². The molecule has 0 aliphatic carbocycles. The molecule has 0 aromatic rings. The Morgan fingerprint density at radius 3 is 2.40 bits per heavy atom. The minimum Gasteiger partial charge on any atom is -0.355 e. The number of amides is 1. The third kappa shape index (κ3) is 6.71. The Morgan fingerprint density at radius 2 is 1.85 bits per heavy atom. The molecular weight excluding hydrogens is 250 g/mol. The molecule has 1 saturated heterocycles. The fourth-order valence-corrected chi connectivity index (χ4v) is 3.01. The Balaban J connectivity index is 2.23. The first kappa shape index (κ1) is 17.4. The summed E-state index contributed by atoms with van der Waals surface area (Å²) in [6, 6.07) is 0.445. The number of likely N-dealkylation sites (tertiary alicyclic amines) is 1. The second-order valence-corrected chi connectivity index (χ2v) is 6.69. The zero-order valence-electron chi connectivity index (χ0n) is 13.5. The largest absolute Gasteiger partial charge is 0.355 e. The minimum absolute atomic E-state index is 0.157. The molecular formula is C16H33N3O. The van der Waals surface area contributed by atoms with Crippen molar-refractivity contribution >= 4 is 5.91 Å². The van der Waals surface area contributed by atoms with Gasteiger partial charge in [0.15, 0.2) is 0 Å². The molecule has 4 nitrogen and oxygen atoms in total. The van der Waals surface area contributed by atoms with Crippen molar-refractivity contribution in [3.63, 3.8) is 0 Å². The Bertz CT molecular complexity index is 275. The van der Waals surface area contributed by atoms with Crippen LogP contribution in [0.15, 0.2) is 0 Å². The number of nitrogens with one attached hydrogen (secondary N) is 1. The normalized spacial score (nSPS) is 19.9. The minimum atomic E-state index is 0.157. The monoisotopic (exact) mass is 283 g/mol. The molecule has 1 amide bonds. The Labute approximate surface area is 124 Å². The van der Waals surface area contributed by atoms with E-state index in [1.54, 1.807) is 0 Å². The van der Waals surface area contributed by atoms with E-state index in [0.717, 1.165) is 13.0 Å². The van der Waals surface area contributed by atoms with Gasteiger partial charge in [0.05, 0.1) is 0 Å². The summed E-state index contributed by atoms with van der Waals surface area (Å²) < 4.78 is 0. The van der Waals surface area contributed by atoms with Crippen LogP contribution >= 0.6 is 0 Å². The van der Waals surface area contributed by atoms with Crippen molar-refractivity contribution in [2.75, 3.05) is 26.2 Å². The smallest absolute Gasteiger partial charge is 0.220 e. The molecule has 2 atom stereocenters. The van der Waals surface area contributed by atoms with E-state index in [2.05, 4.69) is 31.0 Å². The van der Waals surface area contributed by atoms with Gasteiger partial charge in [0.1, 0.15) is 0 Å². The lowest BCUT2D eigenvalue weighted by Crippen LogP contribution is -2.44. The number of piperidine rings is 1. The molecule has 1 aliphatic heterocycles. The highest BCUT2D eigenvalue weighted by molar-refractivity contribution is 5.76. The van der Waals surface area contributed by atoms with Gasteiger partial charge in [0.25, 0.3) is 0 Å². The quantitative estimate of drug-likeness (QED) is 0.716. The molecule has 1 rings (SSSR count). The first-order chi connectivity index (χ1) is 9.52. The summed E-state index contributed by atoms with van der Waals surface area (Å²) in [6.45, 7) is 10.3. The first-order valence-corrected chi connectivity index (χ1v) is 8.23. The van der Waals surface area contributed by atoms with Crippen LogP contribution in [-0.4, -0.2) is 43.0 Å². The van der Waals surface area contributed by atoms with Crippen LogP contribution < -0.4 is 11.1 Å². The molecule has 0 saturated carbocycles. The molecule has 0 spiro atoms. The van der Waals surface area contributed by atoms with Gasteiger partial charge in [-0.05, 0) is 57.7 Å². The zero-order valence-corrected chi connectivity index (χ0v) is 13.5. The van der Waals surface area contributed by atoms with E-state index in [9.17, 15) is 4.79 Å². The highest BCUT2D eigenvalue weighted by atomic mass is 16.1. The molecule has 0 aromatic heterocycles. The van der Waals surface area contributed by atoms with Gasteiger partial charge < -0.3 is 11.1 Å². The predicted octanol–water partition coefficient (Wildman–Crippen LogP) is 1.99. The lowest BCUT2D eigenvalue weighted by molar-refractivity contribution is -0.122. The van der Waals surface area contributed by atoms with E-state index in [0.29, 0.717) is 30.8 Å². The van der Waals surface area contributed by atoms with Crippen LogP contribution in [0, 0.1) is 11.8 Å². The predicted molar refractivity (Wildman–Crippen MR) is 84.5 cm³/mol. The summed E-state index contributed by atoms with van der Waals surface area (Å²) in [5.41, 5.74) is 5.75. The van der Waals surface area contributed by atoms with Crippen molar-refractivity contribution in [1.29, 1.82) is 0 Å². The lowest BCUT2D eigenvalue weighted by atomic mass is 9.94. The molecule has 1 aliphatic rings. The lowest BCUT2D eigenvalue weighted by Gasteiger charge is -2.32. The van der Waals surface area contributed by atoms with Crippen molar-refractivity contribution in [2.45, 2.75) is 58.9 Å². The standard InChI is InChI=1S/C16H33N3O/c1-13(2)9-15(11-17)10-16(20)18-12-14(3)19-7-5-4-6-8-19/h13-15H,4-12,17H2,1-3H3,(H,18,20)/t14?,15-/m0/s1. The van der Waals surface area contributed by atoms with E-state index in [4.69, 9.17) is 5.73 Å². The van der Waals surface area contributed by atoms with Crippen LogP contribution in [0.3, 0.4) is 0 Å². The molecule has 1 fully saturated rings. The SMILES string of the molecule is CC(C)C[C@H](CN)CC(=O)NCC(C)N1CCCCC1. The van der Waals surface area contributed by atoms with Gasteiger partial charge >= 0.3 is 0 Å². The molecule has 1 heterocycles. The van der Waals surface area contributed by atoms with Gasteiger partial charge in [0, 0.05) is 19.0 Å². The molecule has 3 N–H and O–H groups in total. The van der Waals surface area contributed by atoms with Crippen LogP contribution in [0.5, 0.6) is 0 Å². The van der Waals surface area contributed by atoms with Gasteiger partial charge in [-0.15, -0.1) is 0 Å². The number of hydrogen-bond acceptors (Lipinski definition) is 3. The number of nitrogens with two attached hydrogens (primary N) is 1.